The first kappa shape index (κ1) is 15.3. The number of aromatic hydroxyl groups is 1. The second-order valence-electron chi connectivity index (χ2n) is 3.73. The standard InChI is InChI=1S/C10H14N2O7/c1-19-9(13)3-2-6-4-7(11(15)16)10(14)8(5-6)12(17)18/h4-5,11-12,14-15,17H,2-3H2,1H3. The molecule has 0 bridgehead atoms. The minimum Gasteiger partial charge on any atom is -0.595 e. The first-order chi connectivity index (χ1) is 8.86. The lowest BCUT2D eigenvalue weighted by Crippen LogP contribution is -3.00. The molecule has 0 aliphatic heterocycles. The normalized spacial score (nSPS) is 13.9. The molecule has 0 saturated carbocycles. The third-order valence-electron chi connectivity index (χ3n) is 2.48. The lowest BCUT2D eigenvalue weighted by molar-refractivity contribution is -0.996. The van der Waals surface area contributed by atoms with E-state index in [-0.39, 0.29) is 12.8 Å². The Kier molecular flexibility index (Phi) is 5.18. The number of aryl methyl sites for hydroxylation is 1. The maximum atomic E-state index is 11.0. The van der Waals surface area contributed by atoms with E-state index in [4.69, 9.17) is 10.4 Å². The van der Waals surface area contributed by atoms with Crippen molar-refractivity contribution in [3.8, 4) is 5.75 Å². The number of benzene rings is 1. The van der Waals surface area contributed by atoms with Crippen LogP contribution in [0.5, 0.6) is 5.75 Å². The fourth-order valence-electron chi connectivity index (χ4n) is 1.51. The Morgan fingerprint density at radius 2 is 1.74 bits per heavy atom. The number of hydrogen-bond acceptors (Lipinski definition) is 7. The molecule has 1 rings (SSSR count). The number of ether oxygens (including phenoxy) is 1. The number of nitrogens with one attached hydrogen (secondary N) is 2. The highest BCUT2D eigenvalue weighted by Gasteiger charge is 2.20. The number of methoxy groups -OCH3 is 1. The van der Waals surface area contributed by atoms with Crippen LogP contribution in [0.1, 0.15) is 12.0 Å². The van der Waals surface area contributed by atoms with Crippen molar-refractivity contribution in [1.29, 1.82) is 0 Å². The van der Waals surface area contributed by atoms with Crippen LogP contribution in [0.2, 0.25) is 0 Å². The molecule has 2 atom stereocenters. The van der Waals surface area contributed by atoms with Gasteiger partial charge in [-0.2, -0.15) is 10.5 Å². The van der Waals surface area contributed by atoms with Gasteiger partial charge in [0.25, 0.3) is 0 Å². The van der Waals surface area contributed by atoms with E-state index in [0.717, 1.165) is 12.1 Å². The Bertz CT molecular complexity index is 432. The molecule has 0 aliphatic carbocycles. The van der Waals surface area contributed by atoms with E-state index >= 15 is 0 Å². The summed E-state index contributed by atoms with van der Waals surface area (Å²) in [7, 11) is 1.21. The topological polar surface area (TPSA) is 142 Å². The van der Waals surface area contributed by atoms with Crippen LogP contribution in [-0.4, -0.2) is 28.6 Å². The summed E-state index contributed by atoms with van der Waals surface area (Å²) in [6.45, 7) is 0. The molecule has 0 fully saturated rings. The predicted octanol–water partition coefficient (Wildman–Crippen LogP) is -1.70. The van der Waals surface area contributed by atoms with Gasteiger partial charge < -0.3 is 20.3 Å². The number of carbonyl (C=O) groups excluding carboxylic acids is 1. The van der Waals surface area contributed by atoms with Gasteiger partial charge in [-0.1, -0.05) is 0 Å². The van der Waals surface area contributed by atoms with E-state index in [1.54, 1.807) is 0 Å². The van der Waals surface area contributed by atoms with Crippen LogP contribution in [0, 0.1) is 10.4 Å². The summed E-state index contributed by atoms with van der Waals surface area (Å²) >= 11 is 0. The van der Waals surface area contributed by atoms with Crippen molar-refractivity contribution in [2.45, 2.75) is 12.8 Å². The summed E-state index contributed by atoms with van der Waals surface area (Å²) in [5, 5.41) is 46.2. The van der Waals surface area contributed by atoms with Gasteiger partial charge in [-0.05, 0) is 12.0 Å². The molecule has 5 N–H and O–H groups in total. The zero-order valence-corrected chi connectivity index (χ0v) is 10.0. The summed E-state index contributed by atoms with van der Waals surface area (Å²) in [5.41, 5.74) is -0.711. The number of hydrogen-bond donors (Lipinski definition) is 5. The van der Waals surface area contributed by atoms with Gasteiger partial charge in [0.05, 0.1) is 7.11 Å². The van der Waals surface area contributed by atoms with Crippen LogP contribution < -0.4 is 10.5 Å². The molecule has 1 aromatic rings. The van der Waals surface area contributed by atoms with Crippen LogP contribution in [0.25, 0.3) is 0 Å². The van der Waals surface area contributed by atoms with Crippen molar-refractivity contribution in [3.63, 3.8) is 0 Å². The second kappa shape index (κ2) is 6.43. The maximum absolute atomic E-state index is 11.0. The number of rotatable bonds is 5. The highest BCUT2D eigenvalue weighted by molar-refractivity contribution is 5.70. The van der Waals surface area contributed by atoms with Gasteiger partial charge in [0.2, 0.25) is 17.1 Å². The average molecular weight is 274 g/mol. The lowest BCUT2D eigenvalue weighted by atomic mass is 10.1. The number of phenols is 1. The van der Waals surface area contributed by atoms with Crippen molar-refractivity contribution in [2.75, 3.05) is 7.11 Å². The highest BCUT2D eigenvalue weighted by atomic mass is 16.8. The first-order valence-electron chi connectivity index (χ1n) is 5.26. The molecule has 0 amide bonds. The van der Waals surface area contributed by atoms with Crippen LogP contribution >= 0.6 is 0 Å². The van der Waals surface area contributed by atoms with E-state index in [0.29, 0.717) is 5.56 Å². The summed E-state index contributed by atoms with van der Waals surface area (Å²) < 4.78 is 4.43. The van der Waals surface area contributed by atoms with Crippen LogP contribution in [0.15, 0.2) is 12.1 Å². The maximum Gasteiger partial charge on any atom is 0.305 e. The molecule has 0 saturated heterocycles. The van der Waals surface area contributed by atoms with E-state index in [2.05, 4.69) is 4.74 Å². The number of carbonyl (C=O) groups is 1. The van der Waals surface area contributed by atoms with Crippen molar-refractivity contribution in [2.24, 2.45) is 0 Å². The van der Waals surface area contributed by atoms with Crippen molar-refractivity contribution in [1.82, 2.24) is 0 Å². The van der Waals surface area contributed by atoms with Crippen molar-refractivity contribution < 1.29 is 35.5 Å². The van der Waals surface area contributed by atoms with Gasteiger partial charge in [-0.3, -0.25) is 4.79 Å². The van der Waals surface area contributed by atoms with Crippen LogP contribution in [-0.2, 0) is 16.0 Å². The zero-order valence-electron chi connectivity index (χ0n) is 10.0. The largest absolute Gasteiger partial charge is 0.595 e. The molecular weight excluding hydrogens is 260 g/mol. The Morgan fingerprint density at radius 1 is 1.26 bits per heavy atom. The third kappa shape index (κ3) is 3.86. The molecule has 9 nitrogen and oxygen atoms in total. The Labute approximate surface area is 107 Å². The molecule has 19 heavy (non-hydrogen) atoms. The molecular formula is C10H14N2O7. The number of quaternary nitrogens is 2. The monoisotopic (exact) mass is 274 g/mol. The SMILES string of the molecule is COC(=O)CCc1cc([NH+]([O-])O)c(O)c([NH+]([O-])O)c1. The lowest BCUT2D eigenvalue weighted by Gasteiger charge is -2.18. The quantitative estimate of drug-likeness (QED) is 0.245. The van der Waals surface area contributed by atoms with E-state index in [9.17, 15) is 20.3 Å². The third-order valence-corrected chi connectivity index (χ3v) is 2.48. The van der Waals surface area contributed by atoms with Crippen LogP contribution in [0.3, 0.4) is 0 Å². The summed E-state index contributed by atoms with van der Waals surface area (Å²) in [6, 6.07) is 2.26. The molecule has 0 radical (unpaired) electrons. The van der Waals surface area contributed by atoms with Gasteiger partial charge in [-0.15, -0.1) is 0 Å². The van der Waals surface area contributed by atoms with Crippen LogP contribution in [0.4, 0.5) is 11.4 Å². The first-order valence-corrected chi connectivity index (χ1v) is 5.26. The van der Waals surface area contributed by atoms with Gasteiger partial charge in [-0.25, -0.2) is 10.4 Å². The number of esters is 1. The molecule has 1 aromatic carbocycles. The molecule has 0 aromatic heterocycles. The Balaban J connectivity index is 3.08. The fourth-order valence-corrected chi connectivity index (χ4v) is 1.51. The van der Waals surface area contributed by atoms with Gasteiger partial charge in [0.15, 0.2) is 0 Å². The molecule has 0 aliphatic rings. The van der Waals surface area contributed by atoms with Gasteiger partial charge in [0, 0.05) is 18.6 Å². The number of phenolic OH excluding ortho intramolecular Hbond substituents is 1. The summed E-state index contributed by atoms with van der Waals surface area (Å²) in [6.07, 6.45) is 0.104. The minimum absolute atomic E-state index is 0.0145. The van der Waals surface area contributed by atoms with Gasteiger partial charge in [0.1, 0.15) is 0 Å². The van der Waals surface area contributed by atoms with E-state index in [1.165, 1.54) is 7.11 Å². The van der Waals surface area contributed by atoms with Gasteiger partial charge >= 0.3 is 5.97 Å². The second-order valence-corrected chi connectivity index (χ2v) is 3.73. The molecule has 2 unspecified atom stereocenters. The van der Waals surface area contributed by atoms with Crippen molar-refractivity contribution >= 4 is 17.3 Å². The molecule has 106 valence electrons. The summed E-state index contributed by atoms with van der Waals surface area (Å²) in [4.78, 5) is 11.0. The Hall–Kier alpha value is -1.75. The van der Waals surface area contributed by atoms with E-state index < -0.39 is 33.5 Å². The fraction of sp³-hybridized carbons (Fsp3) is 0.300. The predicted molar refractivity (Wildman–Crippen MR) is 60.0 cm³/mol. The Morgan fingerprint density at radius 3 is 2.11 bits per heavy atom. The minimum atomic E-state index is -1.44. The molecule has 9 heteroatoms. The van der Waals surface area contributed by atoms with E-state index in [1.807, 2.05) is 0 Å². The smallest absolute Gasteiger partial charge is 0.305 e. The average Bonchev–Trinajstić information content (AvgIpc) is 2.36. The highest BCUT2D eigenvalue weighted by Crippen LogP contribution is 2.28. The van der Waals surface area contributed by atoms with Crippen molar-refractivity contribution in [3.05, 3.63) is 28.1 Å². The molecule has 0 heterocycles. The zero-order chi connectivity index (χ0) is 14.6. The molecule has 0 spiro atoms. The summed E-state index contributed by atoms with van der Waals surface area (Å²) in [5.74, 6) is -1.30.